The molecular weight excluding hydrogens is 1220 g/mol. The molecule has 394 valence electrons. The third-order valence-corrected chi connectivity index (χ3v) is 15.7. The summed E-state index contributed by atoms with van der Waals surface area (Å²) in [5.41, 5.74) is 7.76. The molecule has 0 amide bonds. The first kappa shape index (κ1) is 70.2. The van der Waals surface area contributed by atoms with E-state index in [2.05, 4.69) is 56.6 Å². The number of carbonyl (C=O) groups excluding carboxylic acids is 3. The molecule has 4 aromatic carbocycles. The maximum atomic E-state index is 11.4. The van der Waals surface area contributed by atoms with Gasteiger partial charge in [-0.05, 0) is 107 Å². The third-order valence-electron chi connectivity index (χ3n) is 9.00. The van der Waals surface area contributed by atoms with Crippen LogP contribution in [0.4, 0.5) is 12.9 Å². The van der Waals surface area contributed by atoms with Crippen molar-refractivity contribution in [3.05, 3.63) is 233 Å². The summed E-state index contributed by atoms with van der Waals surface area (Å²) in [5.74, 6) is -0.696. The molecule has 0 aliphatic carbocycles. The van der Waals surface area contributed by atoms with Gasteiger partial charge in [0.1, 0.15) is 14.1 Å². The molecule has 0 atom stereocenters. The fourth-order valence-corrected chi connectivity index (χ4v) is 10.8. The van der Waals surface area contributed by atoms with E-state index < -0.39 is 7.54 Å². The molecule has 0 aliphatic heterocycles. The van der Waals surface area contributed by atoms with Crippen molar-refractivity contribution in [2.45, 2.75) is 39.7 Å². The van der Waals surface area contributed by atoms with Gasteiger partial charge in [-0.15, -0.1) is 57.5 Å². The van der Waals surface area contributed by atoms with Crippen molar-refractivity contribution in [1.29, 1.82) is 0 Å². The molecule has 7 nitrogen and oxygen atoms in total. The Morgan fingerprint density at radius 1 is 0.600 bits per heavy atom. The molecule has 75 heavy (non-hydrogen) atoms. The second-order valence-corrected chi connectivity index (χ2v) is 21.9. The van der Waals surface area contributed by atoms with Gasteiger partial charge >= 0.3 is 70.9 Å². The van der Waals surface area contributed by atoms with E-state index in [4.69, 9.17) is 56.2 Å². The van der Waals surface area contributed by atoms with E-state index in [-0.39, 0.29) is 69.9 Å². The van der Waals surface area contributed by atoms with Gasteiger partial charge in [-0.2, -0.15) is 24.6 Å². The Hall–Kier alpha value is -2.79. The van der Waals surface area contributed by atoms with Crippen molar-refractivity contribution in [1.82, 2.24) is 0 Å². The molecule has 8 aromatic rings. The standard InChI is InChI=1S/C13H11ClO2S.C12H11ClOS.C12H9ClOS.C7H7.C6H4BrClO2S.C4H10O.BF3.K/c1-16-13(15)11-8-10(12(14)17-11)7-9-5-3-2-4-6-9;2*13-12-10(7-11(8-14)15-12)6-9-4-2-1-3-5-9;1-7-5-3-2-4-6-7;1-10-6(9)4-2-3(7)5(8)11-4;1-3-5-4-2;2-1(3)4;/h2-6,8H,7H2,1H3;1-5,7,14H,6,8H2;1-5,7-8H,6H2;2-6H,1H2;2H,1H3;3-4H2,1-2H3;;/q;;;-1;;;;+1. The minimum atomic E-state index is -3.67. The number of carbonyl (C=O) groups is 3. The molecule has 0 spiro atoms. The summed E-state index contributed by atoms with van der Waals surface area (Å²) in [6.07, 6.45) is 3.18. The van der Waals surface area contributed by atoms with Gasteiger partial charge in [-0.3, -0.25) is 17.7 Å². The number of thiophene rings is 4. The minimum Gasteiger partial charge on any atom is -0.465 e. The van der Waals surface area contributed by atoms with E-state index in [1.54, 1.807) is 12.1 Å². The summed E-state index contributed by atoms with van der Waals surface area (Å²) >= 11 is 32.3. The molecule has 0 fully saturated rings. The number of aliphatic hydroxyl groups is 1. The normalized spacial score (nSPS) is 9.61. The molecule has 8 rings (SSSR count). The largest absolute Gasteiger partial charge is 1.00 e. The van der Waals surface area contributed by atoms with Gasteiger partial charge in [-0.1, -0.05) is 143 Å². The molecule has 21 heteroatoms. The van der Waals surface area contributed by atoms with Crippen molar-refractivity contribution < 1.29 is 98.0 Å². The van der Waals surface area contributed by atoms with Crippen LogP contribution in [-0.4, -0.2) is 58.3 Å². The van der Waals surface area contributed by atoms with E-state index in [1.807, 2.05) is 123 Å². The van der Waals surface area contributed by atoms with Crippen molar-refractivity contribution >= 4 is 133 Å². The van der Waals surface area contributed by atoms with Crippen LogP contribution in [0.1, 0.15) is 86.7 Å². The van der Waals surface area contributed by atoms with Crippen LogP contribution in [0.25, 0.3) is 0 Å². The van der Waals surface area contributed by atoms with Crippen LogP contribution in [-0.2, 0) is 40.1 Å². The average Bonchev–Trinajstić information content (AvgIpc) is 4.17. The molecule has 0 radical (unpaired) electrons. The molecule has 4 heterocycles. The Balaban J connectivity index is 0.000000457. The molecule has 0 saturated carbocycles. The minimum absolute atomic E-state index is 0. The number of aliphatic hydroxyl groups excluding tert-OH is 1. The first-order chi connectivity index (χ1) is 35.5. The molecule has 0 unspecified atom stereocenters. The third kappa shape index (κ3) is 29.7. The topological polar surface area (TPSA) is 99.1 Å². The molecule has 0 aliphatic rings. The van der Waals surface area contributed by atoms with Crippen LogP contribution in [0.2, 0.25) is 17.3 Å². The number of ether oxygens (including phenoxy) is 3. The number of rotatable bonds is 12. The van der Waals surface area contributed by atoms with Crippen molar-refractivity contribution in [3.63, 3.8) is 0 Å². The molecular formula is C54H52BBrCl4F3KO7S4. The van der Waals surface area contributed by atoms with Gasteiger partial charge in [0.05, 0.1) is 38.7 Å². The van der Waals surface area contributed by atoms with E-state index in [0.717, 1.165) is 74.7 Å². The number of hydrogen-bond donors (Lipinski definition) is 1. The predicted molar refractivity (Wildman–Crippen MR) is 309 cm³/mol. The Labute approximate surface area is 525 Å². The predicted octanol–water partition coefficient (Wildman–Crippen LogP) is 14.8. The van der Waals surface area contributed by atoms with Crippen molar-refractivity contribution in [2.75, 3.05) is 27.4 Å². The smallest absolute Gasteiger partial charge is 0.465 e. The zero-order chi connectivity index (χ0) is 54.8. The fourth-order valence-electron chi connectivity index (χ4n) is 5.67. The van der Waals surface area contributed by atoms with Gasteiger partial charge in [0.15, 0.2) is 6.29 Å². The Kier molecular flexibility index (Phi) is 38.7. The van der Waals surface area contributed by atoms with E-state index in [0.29, 0.717) is 27.6 Å². The fraction of sp³-hybridized carbons (Fsp3) is 0.185. The average molecular weight is 1270 g/mol. The number of methoxy groups -OCH3 is 2. The molecule has 1 N–H and O–H groups in total. The van der Waals surface area contributed by atoms with Gasteiger partial charge in [0.2, 0.25) is 0 Å². The summed E-state index contributed by atoms with van der Waals surface area (Å²) in [6, 6.07) is 47.4. The van der Waals surface area contributed by atoms with E-state index in [1.165, 1.54) is 76.3 Å². The molecule has 0 saturated heterocycles. The van der Waals surface area contributed by atoms with Gasteiger partial charge in [0, 0.05) is 22.6 Å². The second-order valence-electron chi connectivity index (χ2n) is 14.4. The van der Waals surface area contributed by atoms with Crippen LogP contribution in [0, 0.1) is 6.92 Å². The zero-order valence-corrected chi connectivity index (χ0v) is 52.5. The summed E-state index contributed by atoms with van der Waals surface area (Å²) < 4.78 is 46.4. The Morgan fingerprint density at radius 2 is 0.960 bits per heavy atom. The monoisotopic (exact) mass is 1270 g/mol. The van der Waals surface area contributed by atoms with E-state index >= 15 is 0 Å². The first-order valence-corrected chi connectivity index (χ1v) is 27.5. The Bertz CT molecular complexity index is 2790. The maximum absolute atomic E-state index is 11.4. The summed E-state index contributed by atoms with van der Waals surface area (Å²) in [7, 11) is -0.962. The van der Waals surface area contributed by atoms with Gasteiger partial charge < -0.3 is 19.3 Å². The number of esters is 2. The summed E-state index contributed by atoms with van der Waals surface area (Å²) in [4.78, 5) is 35.5. The van der Waals surface area contributed by atoms with Crippen LogP contribution < -0.4 is 51.4 Å². The second kappa shape index (κ2) is 41.3. The summed E-state index contributed by atoms with van der Waals surface area (Å²) in [6.45, 7) is 9.46. The zero-order valence-electron chi connectivity index (χ0n) is 41.5. The maximum Gasteiger partial charge on any atom is 1.00 e. The SMILES string of the molecule is CCOCC.COC(=O)c1cc(Br)c(Cl)s1.COC(=O)c1cc(Cc2ccccc2)c(Cl)s1.FB(F)F.O=Cc1cc(Cc2ccccc2)c(Cl)s1.OCc1cc(Cc2ccccc2)c(Cl)s1.[CH2-]c1ccccc1.[K+]. The van der Waals surface area contributed by atoms with E-state index in [9.17, 15) is 27.3 Å². The molecule has 4 aromatic heterocycles. The number of halogens is 8. The van der Waals surface area contributed by atoms with Crippen molar-refractivity contribution in [2.24, 2.45) is 0 Å². The first-order valence-electron chi connectivity index (χ1n) is 22.0. The van der Waals surface area contributed by atoms with Crippen LogP contribution in [0.3, 0.4) is 0 Å². The van der Waals surface area contributed by atoms with Gasteiger partial charge in [-0.25, -0.2) is 9.59 Å². The quantitative estimate of drug-likeness (QED) is 0.0563. The van der Waals surface area contributed by atoms with Crippen LogP contribution in [0.15, 0.2) is 150 Å². The van der Waals surface area contributed by atoms with Crippen LogP contribution >= 0.6 is 108 Å². The van der Waals surface area contributed by atoms with Gasteiger partial charge in [0.25, 0.3) is 0 Å². The van der Waals surface area contributed by atoms with Crippen LogP contribution in [0.5, 0.6) is 0 Å². The molecule has 0 bridgehead atoms. The van der Waals surface area contributed by atoms with Crippen molar-refractivity contribution in [3.8, 4) is 0 Å². The Morgan fingerprint density at radius 3 is 1.27 bits per heavy atom. The summed E-state index contributed by atoms with van der Waals surface area (Å²) in [5, 5.41) is 8.99. The number of benzene rings is 4. The number of aldehydes is 1. The number of hydrogen-bond acceptors (Lipinski definition) is 11.